The Morgan fingerprint density at radius 1 is 1.10 bits per heavy atom. The molecule has 0 aromatic heterocycles. The van der Waals surface area contributed by atoms with E-state index in [-0.39, 0.29) is 6.04 Å². The number of likely N-dealkylation sites (N-methyl/N-ethyl adjacent to an activating group) is 1. The van der Waals surface area contributed by atoms with Gasteiger partial charge in [0.05, 0.1) is 5.56 Å². The van der Waals surface area contributed by atoms with Crippen molar-refractivity contribution in [3.63, 3.8) is 0 Å². The first kappa shape index (κ1) is 17.0. The number of nitrogens with two attached hydrogens (primary N) is 1. The molecule has 0 saturated heterocycles. The van der Waals surface area contributed by atoms with Crippen LogP contribution < -0.4 is 5.73 Å². The highest BCUT2D eigenvalue weighted by molar-refractivity contribution is 5.27. The van der Waals surface area contributed by atoms with Crippen molar-refractivity contribution < 1.29 is 13.2 Å². The molecule has 0 bridgehead atoms. The van der Waals surface area contributed by atoms with E-state index in [9.17, 15) is 13.2 Å². The third-order valence-electron chi connectivity index (χ3n) is 3.94. The van der Waals surface area contributed by atoms with Crippen LogP contribution >= 0.6 is 0 Å². The minimum absolute atomic E-state index is 0.0744. The van der Waals surface area contributed by atoms with Crippen LogP contribution in [0.5, 0.6) is 0 Å². The SMILES string of the molecule is CC(C)C(C)N(C)C(CN)c1ccc(C(F)(F)F)cc1. The maximum Gasteiger partial charge on any atom is 0.416 e. The molecular formula is C15H23F3N2. The van der Waals surface area contributed by atoms with Crippen LogP contribution in [0.2, 0.25) is 0 Å². The van der Waals surface area contributed by atoms with Gasteiger partial charge in [0.25, 0.3) is 0 Å². The van der Waals surface area contributed by atoms with Crippen molar-refractivity contribution in [3.8, 4) is 0 Å². The zero-order chi connectivity index (χ0) is 15.5. The van der Waals surface area contributed by atoms with E-state index in [2.05, 4.69) is 25.7 Å². The molecule has 0 saturated carbocycles. The van der Waals surface area contributed by atoms with Gasteiger partial charge in [-0.05, 0) is 37.6 Å². The summed E-state index contributed by atoms with van der Waals surface area (Å²) in [6.07, 6.45) is -4.30. The van der Waals surface area contributed by atoms with Gasteiger partial charge >= 0.3 is 6.18 Å². The van der Waals surface area contributed by atoms with Crippen LogP contribution in [-0.2, 0) is 6.18 Å². The first-order chi connectivity index (χ1) is 9.18. The molecule has 2 nitrogen and oxygen atoms in total. The fraction of sp³-hybridized carbons (Fsp3) is 0.600. The molecule has 5 heteroatoms. The zero-order valence-electron chi connectivity index (χ0n) is 12.4. The molecule has 0 heterocycles. The van der Waals surface area contributed by atoms with Crippen LogP contribution in [-0.4, -0.2) is 24.5 Å². The molecular weight excluding hydrogens is 265 g/mol. The maximum absolute atomic E-state index is 12.6. The highest BCUT2D eigenvalue weighted by atomic mass is 19.4. The largest absolute Gasteiger partial charge is 0.416 e. The van der Waals surface area contributed by atoms with Crippen LogP contribution in [0.1, 0.15) is 37.9 Å². The topological polar surface area (TPSA) is 29.3 Å². The van der Waals surface area contributed by atoms with Gasteiger partial charge in [-0.15, -0.1) is 0 Å². The third-order valence-corrected chi connectivity index (χ3v) is 3.94. The number of hydrogen-bond donors (Lipinski definition) is 1. The molecule has 0 aliphatic rings. The van der Waals surface area contributed by atoms with E-state index in [0.29, 0.717) is 18.5 Å². The second-order valence-electron chi connectivity index (χ2n) is 5.52. The predicted octanol–water partition coefficient (Wildman–Crippen LogP) is 3.68. The van der Waals surface area contributed by atoms with E-state index in [1.807, 2.05) is 7.05 Å². The molecule has 1 aromatic rings. The Hall–Kier alpha value is -1.07. The molecule has 0 aliphatic carbocycles. The molecule has 114 valence electrons. The van der Waals surface area contributed by atoms with E-state index in [0.717, 1.165) is 17.7 Å². The lowest BCUT2D eigenvalue weighted by atomic mass is 9.98. The normalized spacial score (nSPS) is 15.7. The lowest BCUT2D eigenvalue weighted by Gasteiger charge is -2.35. The van der Waals surface area contributed by atoms with Crippen molar-refractivity contribution in [1.82, 2.24) is 4.90 Å². The lowest BCUT2D eigenvalue weighted by molar-refractivity contribution is -0.137. The minimum atomic E-state index is -4.30. The van der Waals surface area contributed by atoms with Gasteiger partial charge in [0, 0.05) is 18.6 Å². The lowest BCUT2D eigenvalue weighted by Crippen LogP contribution is -2.39. The first-order valence-corrected chi connectivity index (χ1v) is 6.77. The smallest absolute Gasteiger partial charge is 0.329 e. The highest BCUT2D eigenvalue weighted by Gasteiger charge is 2.30. The fourth-order valence-corrected chi connectivity index (χ4v) is 2.19. The van der Waals surface area contributed by atoms with Gasteiger partial charge in [0.15, 0.2) is 0 Å². The van der Waals surface area contributed by atoms with Crippen molar-refractivity contribution in [2.24, 2.45) is 11.7 Å². The van der Waals surface area contributed by atoms with E-state index in [4.69, 9.17) is 5.73 Å². The quantitative estimate of drug-likeness (QED) is 0.895. The minimum Gasteiger partial charge on any atom is -0.329 e. The average molecular weight is 288 g/mol. The van der Waals surface area contributed by atoms with Crippen molar-refractivity contribution in [1.29, 1.82) is 0 Å². The Morgan fingerprint density at radius 2 is 1.60 bits per heavy atom. The molecule has 2 atom stereocenters. The van der Waals surface area contributed by atoms with Crippen molar-refractivity contribution in [2.45, 2.75) is 39.0 Å². The zero-order valence-corrected chi connectivity index (χ0v) is 12.4. The molecule has 20 heavy (non-hydrogen) atoms. The molecule has 0 spiro atoms. The van der Waals surface area contributed by atoms with Crippen LogP contribution in [0.4, 0.5) is 13.2 Å². The summed E-state index contributed by atoms with van der Waals surface area (Å²) in [5.41, 5.74) is 5.99. The maximum atomic E-state index is 12.6. The van der Waals surface area contributed by atoms with Gasteiger partial charge in [-0.3, -0.25) is 4.90 Å². The molecule has 2 N–H and O–H groups in total. The third kappa shape index (κ3) is 3.96. The van der Waals surface area contributed by atoms with Crippen LogP contribution in [0.3, 0.4) is 0 Å². The summed E-state index contributed by atoms with van der Waals surface area (Å²) in [6, 6.07) is 5.49. The van der Waals surface area contributed by atoms with Gasteiger partial charge in [0.1, 0.15) is 0 Å². The molecule has 0 aliphatic heterocycles. The molecule has 0 fully saturated rings. The van der Waals surface area contributed by atoms with E-state index in [1.165, 1.54) is 12.1 Å². The van der Waals surface area contributed by atoms with E-state index >= 15 is 0 Å². The Bertz CT molecular complexity index is 412. The standard InChI is InChI=1S/C15H23F3N2/c1-10(2)11(3)20(4)14(9-19)12-5-7-13(8-6-12)15(16,17)18/h5-8,10-11,14H,9,19H2,1-4H3. The van der Waals surface area contributed by atoms with Crippen LogP contribution in [0.25, 0.3) is 0 Å². The number of halogens is 3. The Labute approximate surface area is 118 Å². The van der Waals surface area contributed by atoms with Gasteiger partial charge in [-0.25, -0.2) is 0 Å². The van der Waals surface area contributed by atoms with Gasteiger partial charge in [-0.1, -0.05) is 26.0 Å². The molecule has 1 aromatic carbocycles. The molecule has 2 unspecified atom stereocenters. The van der Waals surface area contributed by atoms with Crippen molar-refractivity contribution in [3.05, 3.63) is 35.4 Å². The summed E-state index contributed by atoms with van der Waals surface area (Å²) in [5.74, 6) is 0.448. The number of nitrogens with zero attached hydrogens (tertiary/aromatic N) is 1. The summed E-state index contributed by atoms with van der Waals surface area (Å²) in [4.78, 5) is 2.12. The Kier molecular flexibility index (Phi) is 5.59. The van der Waals surface area contributed by atoms with Crippen molar-refractivity contribution in [2.75, 3.05) is 13.6 Å². The number of benzene rings is 1. The Balaban J connectivity index is 2.96. The molecule has 1 rings (SSSR count). The summed E-state index contributed by atoms with van der Waals surface area (Å²) in [6.45, 7) is 6.69. The average Bonchev–Trinajstić information content (AvgIpc) is 2.38. The second-order valence-corrected chi connectivity index (χ2v) is 5.52. The molecule has 0 radical (unpaired) electrons. The summed E-state index contributed by atoms with van der Waals surface area (Å²) < 4.78 is 37.7. The Morgan fingerprint density at radius 3 is 1.95 bits per heavy atom. The first-order valence-electron chi connectivity index (χ1n) is 6.77. The van der Waals surface area contributed by atoms with Gasteiger partial charge in [0.2, 0.25) is 0 Å². The molecule has 0 amide bonds. The highest BCUT2D eigenvalue weighted by Crippen LogP contribution is 2.31. The summed E-state index contributed by atoms with van der Waals surface area (Å²) in [7, 11) is 1.96. The summed E-state index contributed by atoms with van der Waals surface area (Å²) in [5, 5.41) is 0. The predicted molar refractivity (Wildman–Crippen MR) is 75.3 cm³/mol. The second kappa shape index (κ2) is 6.59. The monoisotopic (exact) mass is 288 g/mol. The number of rotatable bonds is 5. The fourth-order valence-electron chi connectivity index (χ4n) is 2.19. The van der Waals surface area contributed by atoms with Crippen molar-refractivity contribution >= 4 is 0 Å². The van der Waals surface area contributed by atoms with E-state index < -0.39 is 11.7 Å². The van der Waals surface area contributed by atoms with Crippen LogP contribution in [0, 0.1) is 5.92 Å². The summed E-state index contributed by atoms with van der Waals surface area (Å²) >= 11 is 0. The number of alkyl halides is 3. The number of hydrogen-bond acceptors (Lipinski definition) is 2. The van der Waals surface area contributed by atoms with E-state index in [1.54, 1.807) is 0 Å². The van der Waals surface area contributed by atoms with Crippen LogP contribution in [0.15, 0.2) is 24.3 Å². The van der Waals surface area contributed by atoms with Gasteiger partial charge < -0.3 is 5.73 Å². The van der Waals surface area contributed by atoms with Gasteiger partial charge in [-0.2, -0.15) is 13.2 Å².